The average Bonchev–Trinajstić information content (AvgIpc) is 3.53. The van der Waals surface area contributed by atoms with Crippen molar-refractivity contribution < 1.29 is 19.1 Å². The van der Waals surface area contributed by atoms with E-state index in [0.29, 0.717) is 42.6 Å². The minimum absolute atomic E-state index is 0.00831. The molecule has 0 radical (unpaired) electrons. The fourth-order valence-electron chi connectivity index (χ4n) is 4.25. The molecule has 0 spiro atoms. The maximum atomic E-state index is 13.2. The molecule has 6 heteroatoms. The highest BCUT2D eigenvalue weighted by Crippen LogP contribution is 2.40. The first-order valence-electron chi connectivity index (χ1n) is 10.9. The summed E-state index contributed by atoms with van der Waals surface area (Å²) in [4.78, 5) is 28.1. The van der Waals surface area contributed by atoms with E-state index in [1.165, 1.54) is 12.8 Å². The normalized spacial score (nSPS) is 20.4. The first-order valence-corrected chi connectivity index (χ1v) is 10.9. The lowest BCUT2D eigenvalue weighted by molar-refractivity contribution is -0.125. The minimum Gasteiger partial charge on any atom is -0.497 e. The summed E-state index contributed by atoms with van der Waals surface area (Å²) in [5.74, 6) is 1.47. The predicted molar refractivity (Wildman–Crippen MR) is 119 cm³/mol. The molecule has 2 fully saturated rings. The first kappa shape index (κ1) is 21.2. The van der Waals surface area contributed by atoms with Crippen LogP contribution >= 0.6 is 0 Å². The summed E-state index contributed by atoms with van der Waals surface area (Å²) in [6, 6.07) is 13.2. The zero-order valence-corrected chi connectivity index (χ0v) is 18.4. The van der Waals surface area contributed by atoms with Gasteiger partial charge in [0.25, 0.3) is 5.91 Å². The summed E-state index contributed by atoms with van der Waals surface area (Å²) < 4.78 is 10.9. The van der Waals surface area contributed by atoms with Gasteiger partial charge < -0.3 is 19.7 Å². The highest BCUT2D eigenvalue weighted by molar-refractivity contribution is 5.95. The Kier molecular flexibility index (Phi) is 6.16. The van der Waals surface area contributed by atoms with Crippen molar-refractivity contribution in [3.05, 3.63) is 59.2 Å². The van der Waals surface area contributed by atoms with Gasteiger partial charge in [-0.2, -0.15) is 0 Å². The number of hydrogen-bond donors (Lipinski definition) is 1. The summed E-state index contributed by atoms with van der Waals surface area (Å²) in [6.07, 6.45) is 2.36. The molecule has 6 nitrogen and oxygen atoms in total. The van der Waals surface area contributed by atoms with Crippen molar-refractivity contribution in [1.82, 2.24) is 10.2 Å². The number of benzene rings is 2. The van der Waals surface area contributed by atoms with E-state index in [4.69, 9.17) is 9.47 Å². The number of carbonyl (C=O) groups is 2. The maximum Gasteiger partial charge on any atom is 0.253 e. The van der Waals surface area contributed by atoms with E-state index in [0.717, 1.165) is 11.1 Å². The molecule has 2 aromatic rings. The van der Waals surface area contributed by atoms with Gasteiger partial charge in [-0.05, 0) is 43.9 Å². The number of carbonyl (C=O) groups excluding carboxylic acids is 2. The summed E-state index contributed by atoms with van der Waals surface area (Å²) in [6.45, 7) is 3.57. The van der Waals surface area contributed by atoms with Gasteiger partial charge in [0.1, 0.15) is 11.5 Å². The third-order valence-corrected chi connectivity index (χ3v) is 6.34. The molecule has 4 rings (SSSR count). The number of nitrogens with one attached hydrogen (secondary N) is 1. The Balaban J connectivity index is 1.61. The topological polar surface area (TPSA) is 67.9 Å². The van der Waals surface area contributed by atoms with E-state index in [-0.39, 0.29) is 23.7 Å². The van der Waals surface area contributed by atoms with Gasteiger partial charge in [-0.1, -0.05) is 23.8 Å². The lowest BCUT2D eigenvalue weighted by Crippen LogP contribution is -2.36. The van der Waals surface area contributed by atoms with Crippen LogP contribution < -0.4 is 14.8 Å². The van der Waals surface area contributed by atoms with Gasteiger partial charge in [0, 0.05) is 42.7 Å². The van der Waals surface area contributed by atoms with Gasteiger partial charge in [0.05, 0.1) is 20.1 Å². The van der Waals surface area contributed by atoms with Crippen LogP contribution in [0.1, 0.15) is 40.2 Å². The molecule has 0 bridgehead atoms. The number of likely N-dealkylation sites (tertiary alicyclic amines) is 1. The third kappa shape index (κ3) is 4.68. The Bertz CT molecular complexity index is 952. The van der Waals surface area contributed by atoms with Crippen molar-refractivity contribution in [2.24, 2.45) is 11.8 Å². The Morgan fingerprint density at radius 2 is 1.77 bits per heavy atom. The lowest BCUT2D eigenvalue weighted by atomic mass is 9.87. The third-order valence-electron chi connectivity index (χ3n) is 6.34. The van der Waals surface area contributed by atoms with Gasteiger partial charge in [-0.25, -0.2) is 0 Å². The predicted octanol–water partition coefficient (Wildman–Crippen LogP) is 3.39. The quantitative estimate of drug-likeness (QED) is 0.743. The van der Waals surface area contributed by atoms with Crippen LogP contribution in [-0.4, -0.2) is 50.6 Å². The molecule has 2 aromatic carbocycles. The Labute approximate surface area is 183 Å². The summed E-state index contributed by atoms with van der Waals surface area (Å²) in [5.41, 5.74) is 2.68. The number of methoxy groups -OCH3 is 2. The van der Waals surface area contributed by atoms with E-state index in [9.17, 15) is 9.59 Å². The maximum absolute atomic E-state index is 13.2. The Hall–Kier alpha value is -3.02. The highest BCUT2D eigenvalue weighted by atomic mass is 16.5. The van der Waals surface area contributed by atoms with Crippen molar-refractivity contribution in [1.29, 1.82) is 0 Å². The van der Waals surface area contributed by atoms with Crippen LogP contribution in [0.25, 0.3) is 0 Å². The smallest absolute Gasteiger partial charge is 0.253 e. The minimum atomic E-state index is -0.324. The molecule has 1 heterocycles. The second-order valence-electron chi connectivity index (χ2n) is 8.59. The molecule has 1 aliphatic heterocycles. The van der Waals surface area contributed by atoms with Gasteiger partial charge in [-0.3, -0.25) is 9.59 Å². The summed E-state index contributed by atoms with van der Waals surface area (Å²) in [5, 5.41) is 3.11. The fraction of sp³-hybridized carbons (Fsp3) is 0.440. The van der Waals surface area contributed by atoms with Crippen molar-refractivity contribution in [2.75, 3.05) is 33.9 Å². The molecule has 0 aromatic heterocycles. The van der Waals surface area contributed by atoms with Gasteiger partial charge >= 0.3 is 0 Å². The number of aryl methyl sites for hydroxylation is 1. The number of ether oxygens (including phenoxy) is 2. The van der Waals surface area contributed by atoms with Crippen LogP contribution in [0.15, 0.2) is 42.5 Å². The first-order chi connectivity index (χ1) is 15.0. The molecular formula is C25H30N2O4. The molecule has 2 atom stereocenters. The monoisotopic (exact) mass is 422 g/mol. The van der Waals surface area contributed by atoms with E-state index in [1.54, 1.807) is 19.1 Å². The average molecular weight is 423 g/mol. The van der Waals surface area contributed by atoms with Gasteiger partial charge in [0.15, 0.2) is 0 Å². The second-order valence-corrected chi connectivity index (χ2v) is 8.59. The van der Waals surface area contributed by atoms with E-state index in [2.05, 4.69) is 5.32 Å². The molecule has 1 saturated carbocycles. The molecule has 1 saturated heterocycles. The molecule has 31 heavy (non-hydrogen) atoms. The SMILES string of the molecule is COc1ccc(C2CN(C(=O)c3ccc(C)cc3)CC2C(=O)NCC2CC2)c(OC)c1. The van der Waals surface area contributed by atoms with Crippen molar-refractivity contribution in [3.63, 3.8) is 0 Å². The number of amides is 2. The van der Waals surface area contributed by atoms with Crippen LogP contribution in [0.2, 0.25) is 0 Å². The molecule has 2 aliphatic rings. The zero-order chi connectivity index (χ0) is 22.0. The summed E-state index contributed by atoms with van der Waals surface area (Å²) in [7, 11) is 3.23. The van der Waals surface area contributed by atoms with Crippen molar-refractivity contribution in [3.8, 4) is 11.5 Å². The molecule has 164 valence electrons. The number of nitrogens with zero attached hydrogens (tertiary/aromatic N) is 1. The summed E-state index contributed by atoms with van der Waals surface area (Å²) >= 11 is 0. The van der Waals surface area contributed by atoms with Crippen LogP contribution in [0.4, 0.5) is 0 Å². The Morgan fingerprint density at radius 3 is 2.42 bits per heavy atom. The molecular weight excluding hydrogens is 392 g/mol. The van der Waals surface area contributed by atoms with Crippen LogP contribution in [0, 0.1) is 18.8 Å². The largest absolute Gasteiger partial charge is 0.497 e. The zero-order valence-electron chi connectivity index (χ0n) is 18.4. The van der Waals surface area contributed by atoms with Crippen LogP contribution in [-0.2, 0) is 4.79 Å². The molecule has 2 amide bonds. The van der Waals surface area contributed by atoms with E-state index >= 15 is 0 Å². The molecule has 2 unspecified atom stereocenters. The molecule has 1 aliphatic carbocycles. The lowest BCUT2D eigenvalue weighted by Gasteiger charge is -2.21. The van der Waals surface area contributed by atoms with Crippen molar-refractivity contribution in [2.45, 2.75) is 25.7 Å². The number of hydrogen-bond acceptors (Lipinski definition) is 4. The number of rotatable bonds is 7. The van der Waals surface area contributed by atoms with E-state index in [1.807, 2.05) is 49.4 Å². The van der Waals surface area contributed by atoms with Gasteiger partial charge in [-0.15, -0.1) is 0 Å². The van der Waals surface area contributed by atoms with Gasteiger partial charge in [0.2, 0.25) is 5.91 Å². The van der Waals surface area contributed by atoms with Crippen LogP contribution in [0.3, 0.4) is 0 Å². The Morgan fingerprint density at radius 1 is 1.03 bits per heavy atom. The molecule has 1 N–H and O–H groups in total. The standard InChI is InChI=1S/C25H30N2O4/c1-16-4-8-18(9-5-16)25(29)27-14-21(20-11-10-19(30-2)12-23(20)31-3)22(15-27)24(28)26-13-17-6-7-17/h4-5,8-12,17,21-22H,6-7,13-15H2,1-3H3,(H,26,28). The highest BCUT2D eigenvalue weighted by Gasteiger charge is 2.42. The fourth-order valence-corrected chi connectivity index (χ4v) is 4.25. The van der Waals surface area contributed by atoms with E-state index < -0.39 is 0 Å². The van der Waals surface area contributed by atoms with Crippen LogP contribution in [0.5, 0.6) is 11.5 Å². The van der Waals surface area contributed by atoms with Crippen molar-refractivity contribution >= 4 is 11.8 Å². The second kappa shape index (κ2) is 9.00.